The van der Waals surface area contributed by atoms with E-state index in [4.69, 9.17) is 4.74 Å². The van der Waals surface area contributed by atoms with Crippen LogP contribution in [-0.2, 0) is 9.53 Å². The monoisotopic (exact) mass is 239 g/mol. The van der Waals surface area contributed by atoms with Gasteiger partial charge in [0.2, 0.25) is 0 Å². The summed E-state index contributed by atoms with van der Waals surface area (Å²) < 4.78 is 6.75. The first-order valence-corrected chi connectivity index (χ1v) is 6.00. The molecular formula is C12H17NO2S. The number of carbonyl (C=O) groups is 1. The highest BCUT2D eigenvalue weighted by atomic mass is 32.2. The van der Waals surface area contributed by atoms with E-state index in [-0.39, 0.29) is 5.97 Å². The van der Waals surface area contributed by atoms with E-state index in [0.717, 1.165) is 4.90 Å². The van der Waals surface area contributed by atoms with Crippen molar-refractivity contribution in [2.45, 2.75) is 18.7 Å². The second-order valence-electron chi connectivity index (χ2n) is 3.50. The Labute approximate surface area is 101 Å². The van der Waals surface area contributed by atoms with Gasteiger partial charge < -0.3 is 4.74 Å². The van der Waals surface area contributed by atoms with E-state index in [9.17, 15) is 4.79 Å². The van der Waals surface area contributed by atoms with Gasteiger partial charge >= 0.3 is 5.97 Å². The maximum Gasteiger partial charge on any atom is 0.321 e. The maximum atomic E-state index is 11.2. The Balaban J connectivity index is 2.45. The highest BCUT2D eigenvalue weighted by molar-refractivity contribution is 7.97. The molecule has 1 aromatic carbocycles. The molecule has 0 N–H and O–H groups in total. The molecule has 88 valence electrons. The van der Waals surface area contributed by atoms with E-state index in [1.165, 1.54) is 5.56 Å². The number of esters is 1. The minimum Gasteiger partial charge on any atom is -0.465 e. The summed E-state index contributed by atoms with van der Waals surface area (Å²) in [6, 6.07) is 8.18. The van der Waals surface area contributed by atoms with Crippen molar-refractivity contribution in [2.24, 2.45) is 0 Å². The van der Waals surface area contributed by atoms with Gasteiger partial charge in [-0.1, -0.05) is 12.1 Å². The Morgan fingerprint density at radius 3 is 2.88 bits per heavy atom. The van der Waals surface area contributed by atoms with Crippen molar-refractivity contribution in [3.8, 4) is 0 Å². The van der Waals surface area contributed by atoms with E-state index in [0.29, 0.717) is 13.2 Å². The molecule has 0 aromatic heterocycles. The molecule has 0 saturated heterocycles. The highest BCUT2D eigenvalue weighted by Crippen LogP contribution is 2.21. The van der Waals surface area contributed by atoms with Gasteiger partial charge in [-0.15, -0.1) is 0 Å². The molecule has 1 rings (SSSR count). The Kier molecular flexibility index (Phi) is 5.35. The van der Waals surface area contributed by atoms with Gasteiger partial charge in [0.15, 0.2) is 0 Å². The molecular weight excluding hydrogens is 222 g/mol. The van der Waals surface area contributed by atoms with Gasteiger partial charge in [-0.2, -0.15) is 0 Å². The average Bonchev–Trinajstić information content (AvgIpc) is 2.17. The van der Waals surface area contributed by atoms with Gasteiger partial charge in [-0.05, 0) is 50.5 Å². The summed E-state index contributed by atoms with van der Waals surface area (Å²) in [6.07, 6.45) is 0. The number of carbonyl (C=O) groups excluding carboxylic acids is 1. The molecule has 0 spiro atoms. The molecule has 0 amide bonds. The van der Waals surface area contributed by atoms with Crippen LogP contribution in [0.15, 0.2) is 29.2 Å². The Morgan fingerprint density at radius 1 is 1.50 bits per heavy atom. The van der Waals surface area contributed by atoms with E-state index >= 15 is 0 Å². The molecule has 0 atom stereocenters. The van der Waals surface area contributed by atoms with Gasteiger partial charge in [0.05, 0.1) is 6.61 Å². The molecule has 0 bridgehead atoms. The Hall–Kier alpha value is -1.00. The smallest absolute Gasteiger partial charge is 0.321 e. The zero-order valence-electron chi connectivity index (χ0n) is 9.90. The second-order valence-corrected chi connectivity index (χ2v) is 4.78. The van der Waals surface area contributed by atoms with Crippen LogP contribution in [0.4, 0.5) is 0 Å². The number of benzene rings is 1. The molecule has 0 radical (unpaired) electrons. The third-order valence-electron chi connectivity index (χ3n) is 1.91. The first kappa shape index (κ1) is 13.1. The normalized spacial score (nSPS) is 10.5. The molecule has 0 saturated carbocycles. The van der Waals surface area contributed by atoms with Crippen LogP contribution in [0.3, 0.4) is 0 Å². The van der Waals surface area contributed by atoms with Crippen LogP contribution in [0.1, 0.15) is 12.5 Å². The summed E-state index contributed by atoms with van der Waals surface area (Å²) in [7, 11) is 1.88. The van der Waals surface area contributed by atoms with Crippen LogP contribution < -0.4 is 0 Å². The first-order chi connectivity index (χ1) is 7.61. The zero-order chi connectivity index (χ0) is 12.0. The molecule has 16 heavy (non-hydrogen) atoms. The summed E-state index contributed by atoms with van der Waals surface area (Å²) in [6.45, 7) is 4.59. The maximum absolute atomic E-state index is 11.2. The topological polar surface area (TPSA) is 29.5 Å². The Morgan fingerprint density at radius 2 is 2.25 bits per heavy atom. The van der Waals surface area contributed by atoms with Crippen molar-refractivity contribution in [2.75, 3.05) is 20.2 Å². The molecule has 1 aromatic rings. The third-order valence-corrected chi connectivity index (χ3v) is 2.81. The van der Waals surface area contributed by atoms with Gasteiger partial charge in [-0.25, -0.2) is 4.31 Å². The number of hydrogen-bond acceptors (Lipinski definition) is 4. The molecule has 4 heteroatoms. The number of hydrogen-bond donors (Lipinski definition) is 0. The zero-order valence-corrected chi connectivity index (χ0v) is 10.7. The predicted molar refractivity (Wildman–Crippen MR) is 66.3 cm³/mol. The molecule has 0 fully saturated rings. The fourth-order valence-electron chi connectivity index (χ4n) is 1.27. The summed E-state index contributed by atoms with van der Waals surface area (Å²) in [5.74, 6) is -0.190. The van der Waals surface area contributed by atoms with Crippen molar-refractivity contribution < 1.29 is 9.53 Å². The van der Waals surface area contributed by atoms with Crippen molar-refractivity contribution in [1.29, 1.82) is 0 Å². The van der Waals surface area contributed by atoms with Crippen molar-refractivity contribution in [3.63, 3.8) is 0 Å². The van der Waals surface area contributed by atoms with Crippen LogP contribution in [0.5, 0.6) is 0 Å². The van der Waals surface area contributed by atoms with E-state index in [1.54, 1.807) is 11.9 Å². The van der Waals surface area contributed by atoms with Gasteiger partial charge in [0, 0.05) is 4.90 Å². The number of aryl methyl sites for hydroxylation is 1. The largest absolute Gasteiger partial charge is 0.465 e. The fraction of sp³-hybridized carbons (Fsp3) is 0.417. The van der Waals surface area contributed by atoms with E-state index in [2.05, 4.69) is 19.1 Å². The SMILES string of the molecule is CCOC(=O)CN(C)Sc1cccc(C)c1. The van der Waals surface area contributed by atoms with Crippen molar-refractivity contribution in [1.82, 2.24) is 4.31 Å². The minimum absolute atomic E-state index is 0.190. The predicted octanol–water partition coefficient (Wildman–Crippen LogP) is 2.50. The number of nitrogens with zero attached hydrogens (tertiary/aromatic N) is 1. The number of rotatable bonds is 5. The van der Waals surface area contributed by atoms with Crippen LogP contribution in [0.25, 0.3) is 0 Å². The summed E-state index contributed by atoms with van der Waals surface area (Å²) in [4.78, 5) is 12.4. The standard InChI is InChI=1S/C12H17NO2S/c1-4-15-12(14)9-13(3)16-11-7-5-6-10(2)8-11/h5-8H,4,9H2,1-3H3. The lowest BCUT2D eigenvalue weighted by molar-refractivity contribution is -0.142. The van der Waals surface area contributed by atoms with Gasteiger partial charge in [0.25, 0.3) is 0 Å². The fourth-order valence-corrected chi connectivity index (χ4v) is 2.18. The lowest BCUT2D eigenvalue weighted by Crippen LogP contribution is -2.21. The number of ether oxygens (including phenoxy) is 1. The molecule has 0 aliphatic heterocycles. The van der Waals surface area contributed by atoms with E-state index in [1.807, 2.05) is 30.4 Å². The van der Waals surface area contributed by atoms with Crippen molar-refractivity contribution in [3.05, 3.63) is 29.8 Å². The molecule has 3 nitrogen and oxygen atoms in total. The van der Waals surface area contributed by atoms with Crippen LogP contribution in [-0.4, -0.2) is 30.5 Å². The lowest BCUT2D eigenvalue weighted by atomic mass is 10.2. The second kappa shape index (κ2) is 6.55. The van der Waals surface area contributed by atoms with Crippen LogP contribution >= 0.6 is 11.9 Å². The minimum atomic E-state index is -0.190. The van der Waals surface area contributed by atoms with Crippen LogP contribution in [0, 0.1) is 6.92 Å². The molecule has 0 aliphatic rings. The van der Waals surface area contributed by atoms with Crippen LogP contribution in [0.2, 0.25) is 0 Å². The quantitative estimate of drug-likeness (QED) is 0.583. The summed E-state index contributed by atoms with van der Waals surface area (Å²) in [5, 5.41) is 0. The van der Waals surface area contributed by atoms with Gasteiger partial charge in [0.1, 0.15) is 6.54 Å². The third kappa shape index (κ3) is 4.68. The highest BCUT2D eigenvalue weighted by Gasteiger charge is 2.08. The first-order valence-electron chi connectivity index (χ1n) is 5.23. The molecule has 0 unspecified atom stereocenters. The molecule has 0 heterocycles. The molecule has 0 aliphatic carbocycles. The average molecular weight is 239 g/mol. The summed E-state index contributed by atoms with van der Waals surface area (Å²) >= 11 is 1.54. The van der Waals surface area contributed by atoms with E-state index < -0.39 is 0 Å². The lowest BCUT2D eigenvalue weighted by Gasteiger charge is -2.14. The van der Waals surface area contributed by atoms with Gasteiger partial charge in [-0.3, -0.25) is 4.79 Å². The summed E-state index contributed by atoms with van der Waals surface area (Å²) in [5.41, 5.74) is 1.22. The Bertz CT molecular complexity index is 355. The van der Waals surface area contributed by atoms with Crippen molar-refractivity contribution >= 4 is 17.9 Å². The number of likely N-dealkylation sites (N-methyl/N-ethyl adjacent to an activating group) is 1.